The van der Waals surface area contributed by atoms with Crippen LogP contribution in [0.2, 0.25) is 0 Å². The van der Waals surface area contributed by atoms with Gasteiger partial charge < -0.3 is 19.7 Å². The van der Waals surface area contributed by atoms with Crippen molar-refractivity contribution >= 4 is 27.5 Å². The van der Waals surface area contributed by atoms with Crippen LogP contribution in [0.1, 0.15) is 63.0 Å². The van der Waals surface area contributed by atoms with Crippen LogP contribution < -0.4 is 19.1 Å². The molecule has 248 valence electrons. The number of methoxy groups -OCH3 is 1. The Hall–Kier alpha value is -4.05. The van der Waals surface area contributed by atoms with Gasteiger partial charge in [0.1, 0.15) is 17.5 Å². The van der Waals surface area contributed by atoms with E-state index in [1.165, 1.54) is 10.7 Å². The number of amides is 2. The average Bonchev–Trinajstić information content (AvgIpc) is 3.05. The number of hydrogen-bond donors (Lipinski definition) is 1. The molecule has 0 spiro atoms. The SMILES string of the molecule is CCOc1ccc(N(CCCC(=O)N(Cc2cccc(OC)c2)C(Cc2ccccc2)C(=O)NC2CCCCC2)S(C)(=O)=O)cc1. The second-order valence-corrected chi connectivity index (χ2v) is 13.7. The van der Waals surface area contributed by atoms with Gasteiger partial charge in [-0.3, -0.25) is 13.9 Å². The molecule has 1 fully saturated rings. The minimum absolute atomic E-state index is 0.0645. The van der Waals surface area contributed by atoms with E-state index in [0.29, 0.717) is 30.2 Å². The molecule has 2 amide bonds. The van der Waals surface area contributed by atoms with Gasteiger partial charge in [-0.2, -0.15) is 0 Å². The summed E-state index contributed by atoms with van der Waals surface area (Å²) in [5.74, 6) is 0.927. The third-order valence-corrected chi connectivity index (χ3v) is 9.49. The van der Waals surface area contributed by atoms with Crippen LogP contribution in [0.25, 0.3) is 0 Å². The maximum Gasteiger partial charge on any atom is 0.243 e. The fourth-order valence-electron chi connectivity index (χ4n) is 5.94. The Balaban J connectivity index is 1.58. The molecule has 3 aromatic carbocycles. The number of benzene rings is 3. The van der Waals surface area contributed by atoms with Crippen LogP contribution in [0.15, 0.2) is 78.9 Å². The lowest BCUT2D eigenvalue weighted by atomic mass is 9.94. The molecule has 1 unspecified atom stereocenters. The number of anilines is 1. The quantitative estimate of drug-likeness (QED) is 0.213. The molecule has 0 heterocycles. The molecule has 0 aliphatic heterocycles. The first-order valence-electron chi connectivity index (χ1n) is 16.1. The van der Waals surface area contributed by atoms with Crippen LogP contribution in [0.5, 0.6) is 11.5 Å². The topological polar surface area (TPSA) is 105 Å². The number of hydrogen-bond acceptors (Lipinski definition) is 6. The standard InChI is InChI=1S/C36H47N3O6S/c1-4-45-32-22-20-31(21-23-32)39(46(3,42)43)24-12-19-35(40)38(27-29-15-11-18-33(25-29)44-2)34(26-28-13-7-5-8-14-28)36(41)37-30-16-9-6-10-17-30/h5,7-8,11,13-15,18,20-23,25,30,34H,4,6,9-10,12,16-17,19,24,26-27H2,1-3H3,(H,37,41). The van der Waals surface area contributed by atoms with Gasteiger partial charge in [0.2, 0.25) is 21.8 Å². The molecular weight excluding hydrogens is 602 g/mol. The number of nitrogens with one attached hydrogen (secondary N) is 1. The van der Waals surface area contributed by atoms with E-state index in [2.05, 4.69) is 5.32 Å². The van der Waals surface area contributed by atoms with E-state index in [0.717, 1.165) is 43.1 Å². The van der Waals surface area contributed by atoms with E-state index in [9.17, 15) is 18.0 Å². The van der Waals surface area contributed by atoms with Gasteiger partial charge in [0.25, 0.3) is 0 Å². The number of carbonyl (C=O) groups excluding carboxylic acids is 2. The Morgan fingerprint density at radius 2 is 1.61 bits per heavy atom. The second-order valence-electron chi connectivity index (χ2n) is 11.8. The van der Waals surface area contributed by atoms with Crippen LogP contribution in [0.3, 0.4) is 0 Å². The molecule has 3 aromatic rings. The Morgan fingerprint density at radius 3 is 2.26 bits per heavy atom. The molecule has 46 heavy (non-hydrogen) atoms. The molecule has 1 atom stereocenters. The first kappa shape index (κ1) is 34.8. The normalized spacial score (nSPS) is 14.2. The largest absolute Gasteiger partial charge is 0.497 e. The number of nitrogens with zero attached hydrogens (tertiary/aromatic N) is 2. The highest BCUT2D eigenvalue weighted by atomic mass is 32.2. The van der Waals surface area contributed by atoms with Crippen molar-refractivity contribution < 1.29 is 27.5 Å². The molecule has 0 saturated heterocycles. The minimum atomic E-state index is -3.61. The van der Waals surface area contributed by atoms with E-state index in [1.807, 2.05) is 61.5 Å². The third kappa shape index (κ3) is 10.2. The lowest BCUT2D eigenvalue weighted by molar-refractivity contribution is -0.141. The summed E-state index contributed by atoms with van der Waals surface area (Å²) in [7, 11) is -2.02. The predicted molar refractivity (Wildman–Crippen MR) is 182 cm³/mol. The van der Waals surface area contributed by atoms with Crippen LogP contribution >= 0.6 is 0 Å². The summed E-state index contributed by atoms with van der Waals surface area (Å²) < 4.78 is 37.8. The number of sulfonamides is 1. The molecule has 1 N–H and O–H groups in total. The second kappa shape index (κ2) is 17.0. The predicted octanol–water partition coefficient (Wildman–Crippen LogP) is 5.73. The average molecular weight is 650 g/mol. The first-order chi connectivity index (χ1) is 22.2. The molecule has 9 nitrogen and oxygen atoms in total. The van der Waals surface area contributed by atoms with E-state index in [-0.39, 0.29) is 43.8 Å². The van der Waals surface area contributed by atoms with E-state index < -0.39 is 16.1 Å². The number of rotatable bonds is 16. The Morgan fingerprint density at radius 1 is 0.913 bits per heavy atom. The highest BCUT2D eigenvalue weighted by Crippen LogP contribution is 2.24. The fourth-order valence-corrected chi connectivity index (χ4v) is 6.91. The lowest BCUT2D eigenvalue weighted by Crippen LogP contribution is -2.52. The van der Waals surface area contributed by atoms with Crippen molar-refractivity contribution in [2.45, 2.75) is 76.9 Å². The molecule has 1 aliphatic rings. The zero-order chi connectivity index (χ0) is 32.9. The van der Waals surface area contributed by atoms with Crippen molar-refractivity contribution in [3.63, 3.8) is 0 Å². The van der Waals surface area contributed by atoms with Crippen LogP contribution in [0.4, 0.5) is 5.69 Å². The molecule has 10 heteroatoms. The van der Waals surface area contributed by atoms with Gasteiger partial charge in [-0.15, -0.1) is 0 Å². The van der Waals surface area contributed by atoms with Crippen molar-refractivity contribution in [2.24, 2.45) is 0 Å². The highest BCUT2D eigenvalue weighted by molar-refractivity contribution is 7.92. The molecular formula is C36H47N3O6S. The number of ether oxygens (including phenoxy) is 2. The van der Waals surface area contributed by atoms with E-state index in [4.69, 9.17) is 9.47 Å². The third-order valence-electron chi connectivity index (χ3n) is 8.30. The molecule has 1 aliphatic carbocycles. The summed E-state index contributed by atoms with van der Waals surface area (Å²) in [5.41, 5.74) is 2.29. The van der Waals surface area contributed by atoms with Gasteiger partial charge in [0, 0.05) is 32.0 Å². The van der Waals surface area contributed by atoms with Crippen LogP contribution in [-0.2, 0) is 32.6 Å². The smallest absolute Gasteiger partial charge is 0.243 e. The van der Waals surface area contributed by atoms with Crippen molar-refractivity contribution in [3.8, 4) is 11.5 Å². The maximum absolute atomic E-state index is 14.1. The van der Waals surface area contributed by atoms with Gasteiger partial charge >= 0.3 is 0 Å². The summed E-state index contributed by atoms with van der Waals surface area (Å²) in [4.78, 5) is 29.8. The Labute approximate surface area is 273 Å². The molecule has 0 aromatic heterocycles. The van der Waals surface area contributed by atoms with E-state index >= 15 is 0 Å². The highest BCUT2D eigenvalue weighted by Gasteiger charge is 2.32. The first-order valence-corrected chi connectivity index (χ1v) is 18.0. The van der Waals surface area contributed by atoms with Gasteiger partial charge in [-0.05, 0) is 73.7 Å². The van der Waals surface area contributed by atoms with E-state index in [1.54, 1.807) is 36.3 Å². The summed E-state index contributed by atoms with van der Waals surface area (Å²) in [6.07, 6.45) is 7.04. The van der Waals surface area contributed by atoms with Gasteiger partial charge in [0.15, 0.2) is 0 Å². The van der Waals surface area contributed by atoms with Gasteiger partial charge in [-0.1, -0.05) is 61.7 Å². The monoisotopic (exact) mass is 649 g/mol. The van der Waals surface area contributed by atoms with Crippen molar-refractivity contribution in [1.29, 1.82) is 0 Å². The van der Waals surface area contributed by atoms with Crippen molar-refractivity contribution in [2.75, 3.05) is 30.8 Å². The summed E-state index contributed by atoms with van der Waals surface area (Å²) in [5, 5.41) is 3.26. The molecule has 1 saturated carbocycles. The Bertz CT molecular complexity index is 1510. The molecule has 0 radical (unpaired) electrons. The maximum atomic E-state index is 14.1. The molecule has 0 bridgehead atoms. The number of carbonyl (C=O) groups is 2. The van der Waals surface area contributed by atoms with Gasteiger partial charge in [-0.25, -0.2) is 8.42 Å². The zero-order valence-electron chi connectivity index (χ0n) is 27.2. The van der Waals surface area contributed by atoms with Crippen LogP contribution in [0, 0.1) is 0 Å². The van der Waals surface area contributed by atoms with Crippen molar-refractivity contribution in [1.82, 2.24) is 10.2 Å². The fraction of sp³-hybridized carbons (Fsp3) is 0.444. The summed E-state index contributed by atoms with van der Waals surface area (Å²) >= 11 is 0. The Kier molecular flexibility index (Phi) is 12.9. The zero-order valence-corrected chi connectivity index (χ0v) is 28.0. The summed E-state index contributed by atoms with van der Waals surface area (Å²) in [6, 6.07) is 23.4. The lowest BCUT2D eigenvalue weighted by Gasteiger charge is -2.34. The molecule has 4 rings (SSSR count). The minimum Gasteiger partial charge on any atom is -0.497 e. The van der Waals surface area contributed by atoms with Crippen LogP contribution in [-0.4, -0.2) is 63.7 Å². The summed E-state index contributed by atoms with van der Waals surface area (Å²) in [6.45, 7) is 2.71. The van der Waals surface area contributed by atoms with Gasteiger partial charge in [0.05, 0.1) is 25.7 Å². The van der Waals surface area contributed by atoms with Crippen molar-refractivity contribution in [3.05, 3.63) is 90.0 Å².